The van der Waals surface area contributed by atoms with Crippen LogP contribution in [0.3, 0.4) is 0 Å². The van der Waals surface area contributed by atoms with Crippen molar-refractivity contribution in [1.29, 1.82) is 0 Å². The fourth-order valence-electron chi connectivity index (χ4n) is 2.39. The molecule has 0 aliphatic rings. The highest BCUT2D eigenvalue weighted by atomic mass is 32.1. The van der Waals surface area contributed by atoms with Crippen LogP contribution in [0.2, 0.25) is 0 Å². The molecule has 0 unspecified atom stereocenters. The third-order valence-electron chi connectivity index (χ3n) is 3.78. The fraction of sp³-hybridized carbons (Fsp3) is 0.235. The van der Waals surface area contributed by atoms with Crippen LogP contribution in [0.25, 0.3) is 21.3 Å². The molecule has 2 heterocycles. The molecule has 0 aliphatic carbocycles. The van der Waals surface area contributed by atoms with Crippen molar-refractivity contribution in [3.8, 4) is 11.1 Å². The third-order valence-corrected chi connectivity index (χ3v) is 4.67. The van der Waals surface area contributed by atoms with Crippen LogP contribution < -0.4 is 10.9 Å². The Bertz CT molecular complexity index is 891. The van der Waals surface area contributed by atoms with Gasteiger partial charge in [0.05, 0.1) is 5.39 Å². The summed E-state index contributed by atoms with van der Waals surface area (Å²) in [7, 11) is 1.47. The van der Waals surface area contributed by atoms with Gasteiger partial charge in [0.2, 0.25) is 0 Å². The number of methoxy groups -OCH3 is 1. The molecule has 0 bridgehead atoms. The minimum absolute atomic E-state index is 0.0190. The molecule has 0 fully saturated rings. The smallest absolute Gasteiger partial charge is 0.264 e. The van der Waals surface area contributed by atoms with Gasteiger partial charge in [0, 0.05) is 18.1 Å². The van der Waals surface area contributed by atoms with Crippen LogP contribution in [0.1, 0.15) is 11.1 Å². The molecule has 0 radical (unpaired) electrons. The zero-order chi connectivity index (χ0) is 17.1. The Morgan fingerprint density at radius 2 is 2.08 bits per heavy atom. The van der Waals surface area contributed by atoms with Gasteiger partial charge in [-0.2, -0.15) is 0 Å². The van der Waals surface area contributed by atoms with Gasteiger partial charge in [0.25, 0.3) is 5.91 Å². The lowest BCUT2D eigenvalue weighted by molar-refractivity contribution is -0.124. The van der Waals surface area contributed by atoms with Gasteiger partial charge in [-0.1, -0.05) is 18.2 Å². The Kier molecular flexibility index (Phi) is 4.73. The second-order valence-corrected chi connectivity index (χ2v) is 6.32. The van der Waals surface area contributed by atoms with Gasteiger partial charge in [-0.3, -0.25) is 15.6 Å². The Labute approximate surface area is 143 Å². The van der Waals surface area contributed by atoms with Crippen LogP contribution in [0, 0.1) is 13.8 Å². The second-order valence-electron chi connectivity index (χ2n) is 5.46. The highest BCUT2D eigenvalue weighted by Gasteiger charge is 2.14. The van der Waals surface area contributed by atoms with Gasteiger partial charge in [-0.15, -0.1) is 11.3 Å². The van der Waals surface area contributed by atoms with Crippen LogP contribution in [-0.4, -0.2) is 29.6 Å². The van der Waals surface area contributed by atoms with E-state index in [0.717, 1.165) is 21.3 Å². The average Bonchev–Trinajstić information content (AvgIpc) is 3.00. The van der Waals surface area contributed by atoms with Crippen LogP contribution in [0.4, 0.5) is 5.82 Å². The molecule has 3 rings (SSSR count). The molecule has 7 heteroatoms. The lowest BCUT2D eigenvalue weighted by Gasteiger charge is -2.10. The highest BCUT2D eigenvalue weighted by molar-refractivity contribution is 7.17. The zero-order valence-corrected chi connectivity index (χ0v) is 14.5. The normalized spacial score (nSPS) is 10.8. The van der Waals surface area contributed by atoms with E-state index in [1.54, 1.807) is 11.3 Å². The van der Waals surface area contributed by atoms with Crippen molar-refractivity contribution in [2.24, 2.45) is 0 Å². The first-order valence-electron chi connectivity index (χ1n) is 7.43. The van der Waals surface area contributed by atoms with Crippen molar-refractivity contribution in [2.75, 3.05) is 19.1 Å². The summed E-state index contributed by atoms with van der Waals surface area (Å²) in [5.41, 5.74) is 10.1. The number of carbonyl (C=O) groups is 1. The summed E-state index contributed by atoms with van der Waals surface area (Å²) in [4.78, 5) is 21.0. The van der Waals surface area contributed by atoms with Crippen molar-refractivity contribution >= 4 is 33.3 Å². The van der Waals surface area contributed by atoms with E-state index < -0.39 is 0 Å². The number of rotatable bonds is 5. The van der Waals surface area contributed by atoms with Crippen molar-refractivity contribution in [3.05, 3.63) is 41.0 Å². The lowest BCUT2D eigenvalue weighted by Crippen LogP contribution is -2.32. The van der Waals surface area contributed by atoms with E-state index in [1.807, 2.05) is 0 Å². The number of aryl methyl sites for hydroxylation is 2. The van der Waals surface area contributed by atoms with Crippen molar-refractivity contribution in [1.82, 2.24) is 15.4 Å². The second kappa shape index (κ2) is 6.94. The monoisotopic (exact) mass is 342 g/mol. The van der Waals surface area contributed by atoms with Crippen molar-refractivity contribution in [2.45, 2.75) is 13.8 Å². The van der Waals surface area contributed by atoms with Crippen LogP contribution >= 0.6 is 11.3 Å². The number of carbonyl (C=O) groups excluding carboxylic acids is 1. The van der Waals surface area contributed by atoms with Gasteiger partial charge in [-0.05, 0) is 30.5 Å². The van der Waals surface area contributed by atoms with E-state index in [2.05, 4.69) is 58.2 Å². The number of thiophene rings is 1. The maximum Gasteiger partial charge on any atom is 0.264 e. The van der Waals surface area contributed by atoms with Crippen LogP contribution in [-0.2, 0) is 9.53 Å². The fourth-order valence-corrected chi connectivity index (χ4v) is 3.30. The van der Waals surface area contributed by atoms with Crippen molar-refractivity contribution in [3.63, 3.8) is 0 Å². The number of fused-ring (bicyclic) bond motifs is 1. The highest BCUT2D eigenvalue weighted by Crippen LogP contribution is 2.36. The number of aromatic nitrogens is 2. The number of amides is 1. The van der Waals surface area contributed by atoms with E-state index >= 15 is 0 Å². The Morgan fingerprint density at radius 1 is 1.25 bits per heavy atom. The molecule has 124 valence electrons. The minimum atomic E-state index is -0.271. The summed E-state index contributed by atoms with van der Waals surface area (Å²) in [6.07, 6.45) is 1.48. The quantitative estimate of drug-likeness (QED) is 0.697. The largest absolute Gasteiger partial charge is 0.375 e. The van der Waals surface area contributed by atoms with Crippen LogP contribution in [0.15, 0.2) is 29.9 Å². The number of hydrazine groups is 1. The summed E-state index contributed by atoms with van der Waals surface area (Å²) in [6.45, 7) is 4.16. The minimum Gasteiger partial charge on any atom is -0.375 e. The standard InChI is InChI=1S/C17H18N4O2S/c1-10-4-5-12(6-11(10)2)13-8-24-17-15(13)16(18-9-19-17)21-20-14(22)7-23-3/h4-6,8-9H,7H2,1-3H3,(H,20,22)(H,18,19,21). The van der Waals surface area contributed by atoms with E-state index in [0.29, 0.717) is 5.82 Å². The predicted molar refractivity (Wildman–Crippen MR) is 96.0 cm³/mol. The van der Waals surface area contributed by atoms with Crippen LogP contribution in [0.5, 0.6) is 0 Å². The number of hydrogen-bond acceptors (Lipinski definition) is 6. The summed E-state index contributed by atoms with van der Waals surface area (Å²) < 4.78 is 4.80. The van der Waals surface area contributed by atoms with Gasteiger partial charge >= 0.3 is 0 Å². The van der Waals surface area contributed by atoms with E-state index in [4.69, 9.17) is 4.74 Å². The Morgan fingerprint density at radius 3 is 2.83 bits per heavy atom. The van der Waals surface area contributed by atoms with Gasteiger partial charge < -0.3 is 4.74 Å². The summed E-state index contributed by atoms with van der Waals surface area (Å²) >= 11 is 1.55. The van der Waals surface area contributed by atoms with Crippen molar-refractivity contribution < 1.29 is 9.53 Å². The number of anilines is 1. The van der Waals surface area contributed by atoms with E-state index in [9.17, 15) is 4.79 Å². The molecule has 3 aromatic rings. The lowest BCUT2D eigenvalue weighted by atomic mass is 10.0. The first kappa shape index (κ1) is 16.4. The van der Waals surface area contributed by atoms with Gasteiger partial charge in [-0.25, -0.2) is 9.97 Å². The maximum atomic E-state index is 11.6. The third kappa shape index (κ3) is 3.22. The number of nitrogens with one attached hydrogen (secondary N) is 2. The Balaban J connectivity index is 2.00. The first-order valence-corrected chi connectivity index (χ1v) is 8.31. The number of hydrogen-bond donors (Lipinski definition) is 2. The molecule has 1 aromatic carbocycles. The molecule has 1 amide bonds. The average molecular weight is 342 g/mol. The molecule has 0 spiro atoms. The first-order chi connectivity index (χ1) is 11.6. The molecule has 0 saturated carbocycles. The number of nitrogens with zero attached hydrogens (tertiary/aromatic N) is 2. The molecule has 0 saturated heterocycles. The Hall–Kier alpha value is -2.51. The van der Waals surface area contributed by atoms with E-state index in [1.165, 1.54) is 24.6 Å². The summed E-state index contributed by atoms with van der Waals surface area (Å²) in [5.74, 6) is 0.297. The molecular weight excluding hydrogens is 324 g/mol. The number of benzene rings is 1. The molecule has 2 aromatic heterocycles. The molecular formula is C17H18N4O2S. The van der Waals surface area contributed by atoms with E-state index in [-0.39, 0.29) is 12.5 Å². The summed E-state index contributed by atoms with van der Waals surface area (Å²) in [5, 5.41) is 2.95. The SMILES string of the molecule is COCC(=O)NNc1ncnc2scc(-c3ccc(C)c(C)c3)c12. The predicted octanol–water partition coefficient (Wildman–Crippen LogP) is 3.06. The summed E-state index contributed by atoms with van der Waals surface area (Å²) in [6, 6.07) is 6.34. The maximum absolute atomic E-state index is 11.6. The topological polar surface area (TPSA) is 76.1 Å². The zero-order valence-electron chi connectivity index (χ0n) is 13.7. The van der Waals surface area contributed by atoms with Gasteiger partial charge in [0.1, 0.15) is 17.8 Å². The number of ether oxygens (including phenoxy) is 1. The molecule has 0 aliphatic heterocycles. The molecule has 24 heavy (non-hydrogen) atoms. The molecule has 0 atom stereocenters. The molecule has 2 N–H and O–H groups in total. The molecule has 6 nitrogen and oxygen atoms in total. The van der Waals surface area contributed by atoms with Gasteiger partial charge in [0.15, 0.2) is 5.82 Å².